The van der Waals surface area contributed by atoms with Gasteiger partial charge in [-0.2, -0.15) is 0 Å². The van der Waals surface area contributed by atoms with Crippen LogP contribution in [0, 0.1) is 0 Å². The van der Waals surface area contributed by atoms with Crippen molar-refractivity contribution in [2.45, 2.75) is 6.42 Å². The smallest absolute Gasteiger partial charge is 0.119 e. The van der Waals surface area contributed by atoms with Crippen molar-refractivity contribution in [3.8, 4) is 0 Å². The Hall–Kier alpha value is -1.50. The van der Waals surface area contributed by atoms with Gasteiger partial charge in [0.05, 0.1) is 0 Å². The highest BCUT2D eigenvalue weighted by molar-refractivity contribution is 5.45. The van der Waals surface area contributed by atoms with Gasteiger partial charge in [0.25, 0.3) is 0 Å². The van der Waals surface area contributed by atoms with Crippen LogP contribution in [0.2, 0.25) is 0 Å². The van der Waals surface area contributed by atoms with Gasteiger partial charge in [-0.15, -0.1) is 0 Å². The van der Waals surface area contributed by atoms with E-state index >= 15 is 0 Å². The molecular weight excluding hydrogens is 148 g/mol. The van der Waals surface area contributed by atoms with Crippen molar-refractivity contribution in [1.29, 1.82) is 0 Å². The first-order chi connectivity index (χ1) is 5.86. The van der Waals surface area contributed by atoms with Gasteiger partial charge in [0.15, 0.2) is 0 Å². The molecule has 0 amide bonds. The second kappa shape index (κ2) is 2.86. The Balaban J connectivity index is 2.49. The van der Waals surface area contributed by atoms with E-state index in [0.29, 0.717) is 5.76 Å². The number of aliphatic hydroxyl groups is 1. The van der Waals surface area contributed by atoms with Crippen molar-refractivity contribution in [2.75, 3.05) is 0 Å². The van der Waals surface area contributed by atoms with E-state index in [-0.39, 0.29) is 0 Å². The first-order valence-electron chi connectivity index (χ1n) is 4.00. The van der Waals surface area contributed by atoms with Crippen LogP contribution in [0.4, 0.5) is 0 Å². The topological polar surface area (TPSA) is 20.2 Å². The minimum atomic E-state index is 0.376. The zero-order chi connectivity index (χ0) is 8.39. The molecule has 12 heavy (non-hydrogen) atoms. The summed E-state index contributed by atoms with van der Waals surface area (Å²) in [6.45, 7) is 0. The van der Waals surface area contributed by atoms with Gasteiger partial charge in [0.1, 0.15) is 5.76 Å². The van der Waals surface area contributed by atoms with Crippen molar-refractivity contribution < 1.29 is 5.11 Å². The van der Waals surface area contributed by atoms with Crippen LogP contribution in [0.3, 0.4) is 0 Å². The van der Waals surface area contributed by atoms with Crippen LogP contribution < -0.4 is 0 Å². The average molecular weight is 158 g/mol. The standard InChI is InChI=1S/C11H10O/c12-11-7-3-5-9-4-1-2-6-10(11)8-9/h1-7,12H,8H2. The molecule has 0 radical (unpaired) electrons. The molecule has 0 aliphatic heterocycles. The predicted molar refractivity (Wildman–Crippen MR) is 49.8 cm³/mol. The van der Waals surface area contributed by atoms with Gasteiger partial charge in [-0.3, -0.25) is 0 Å². The Morgan fingerprint density at radius 3 is 2.75 bits per heavy atom. The number of allylic oxidation sites excluding steroid dienone is 9. The molecule has 2 rings (SSSR count). The van der Waals surface area contributed by atoms with Crippen LogP contribution in [-0.2, 0) is 0 Å². The quantitative estimate of drug-likeness (QED) is 0.574. The van der Waals surface area contributed by atoms with Gasteiger partial charge < -0.3 is 5.11 Å². The number of aliphatic hydroxyl groups excluding tert-OH is 1. The zero-order valence-corrected chi connectivity index (χ0v) is 6.70. The molecule has 0 atom stereocenters. The molecule has 0 fully saturated rings. The van der Waals surface area contributed by atoms with Gasteiger partial charge in [-0.25, -0.2) is 0 Å². The highest BCUT2D eigenvalue weighted by Crippen LogP contribution is 2.23. The number of rotatable bonds is 0. The lowest BCUT2D eigenvalue weighted by molar-refractivity contribution is 0.421. The largest absolute Gasteiger partial charge is 0.508 e. The van der Waals surface area contributed by atoms with Gasteiger partial charge in [0, 0.05) is 6.42 Å². The molecule has 0 saturated carbocycles. The van der Waals surface area contributed by atoms with Crippen LogP contribution in [0.1, 0.15) is 6.42 Å². The Morgan fingerprint density at radius 2 is 1.83 bits per heavy atom. The third-order valence-electron chi connectivity index (χ3n) is 2.01. The average Bonchev–Trinajstić information content (AvgIpc) is 2.38. The van der Waals surface area contributed by atoms with Crippen LogP contribution in [0.5, 0.6) is 0 Å². The Morgan fingerprint density at radius 1 is 1.00 bits per heavy atom. The maximum absolute atomic E-state index is 9.51. The molecular formula is C11H10O. The lowest BCUT2D eigenvalue weighted by atomic mass is 10.1. The van der Waals surface area contributed by atoms with Gasteiger partial charge >= 0.3 is 0 Å². The normalized spacial score (nSPS) is 20.5. The Labute approximate surface area is 71.7 Å². The van der Waals surface area contributed by atoms with E-state index < -0.39 is 0 Å². The summed E-state index contributed by atoms with van der Waals surface area (Å²) in [6, 6.07) is 0. The van der Waals surface area contributed by atoms with Crippen molar-refractivity contribution >= 4 is 0 Å². The number of fused-ring (bicyclic) bond motifs is 2. The van der Waals surface area contributed by atoms with E-state index in [1.807, 2.05) is 30.4 Å². The summed E-state index contributed by atoms with van der Waals surface area (Å²) in [5, 5.41) is 9.51. The molecule has 1 N–H and O–H groups in total. The second-order valence-corrected chi connectivity index (χ2v) is 2.91. The fourth-order valence-corrected chi connectivity index (χ4v) is 1.35. The highest BCUT2D eigenvalue weighted by Gasteiger charge is 2.07. The summed E-state index contributed by atoms with van der Waals surface area (Å²) < 4.78 is 0. The van der Waals surface area contributed by atoms with Crippen molar-refractivity contribution in [1.82, 2.24) is 0 Å². The molecule has 0 aromatic carbocycles. The van der Waals surface area contributed by atoms with E-state index in [4.69, 9.17) is 0 Å². The van der Waals surface area contributed by atoms with E-state index in [2.05, 4.69) is 6.08 Å². The van der Waals surface area contributed by atoms with Gasteiger partial charge in [-0.05, 0) is 17.2 Å². The minimum absolute atomic E-state index is 0.376. The molecule has 2 aliphatic carbocycles. The molecule has 0 aromatic rings. The van der Waals surface area contributed by atoms with E-state index in [1.165, 1.54) is 5.57 Å². The van der Waals surface area contributed by atoms with Gasteiger partial charge in [-0.1, -0.05) is 36.5 Å². The number of hydrogen-bond acceptors (Lipinski definition) is 1. The summed E-state index contributed by atoms with van der Waals surface area (Å²) in [7, 11) is 0. The molecule has 60 valence electrons. The first kappa shape index (κ1) is 7.17. The van der Waals surface area contributed by atoms with Crippen LogP contribution >= 0.6 is 0 Å². The summed E-state index contributed by atoms with van der Waals surface area (Å²) in [6.07, 6.45) is 14.4. The minimum Gasteiger partial charge on any atom is -0.508 e. The molecule has 2 aliphatic rings. The van der Waals surface area contributed by atoms with Gasteiger partial charge in [0.2, 0.25) is 0 Å². The summed E-state index contributed by atoms with van der Waals surface area (Å²) in [5.41, 5.74) is 2.22. The van der Waals surface area contributed by atoms with Crippen LogP contribution in [0.15, 0.2) is 59.4 Å². The SMILES string of the molecule is OC1=CC=CC2=CC=CC=C1C2. The third-order valence-corrected chi connectivity index (χ3v) is 2.01. The fourth-order valence-electron chi connectivity index (χ4n) is 1.35. The molecule has 1 nitrogen and oxygen atoms in total. The maximum atomic E-state index is 9.51. The summed E-state index contributed by atoms with van der Waals surface area (Å²) >= 11 is 0. The van der Waals surface area contributed by atoms with Crippen molar-refractivity contribution in [3.05, 3.63) is 59.4 Å². The molecule has 0 heterocycles. The molecule has 2 bridgehead atoms. The van der Waals surface area contributed by atoms with Crippen LogP contribution in [0.25, 0.3) is 0 Å². The summed E-state index contributed by atoms with van der Waals surface area (Å²) in [4.78, 5) is 0. The highest BCUT2D eigenvalue weighted by atomic mass is 16.3. The molecule has 0 spiro atoms. The lowest BCUT2D eigenvalue weighted by Crippen LogP contribution is -1.87. The second-order valence-electron chi connectivity index (χ2n) is 2.91. The zero-order valence-electron chi connectivity index (χ0n) is 6.70. The predicted octanol–water partition coefficient (Wildman–Crippen LogP) is 2.81. The third kappa shape index (κ3) is 1.26. The molecule has 0 aromatic heterocycles. The van der Waals surface area contributed by atoms with E-state index in [1.54, 1.807) is 6.08 Å². The fraction of sp³-hybridized carbons (Fsp3) is 0.0909. The molecule has 1 heteroatoms. The Bertz CT molecular complexity index is 338. The summed E-state index contributed by atoms with van der Waals surface area (Å²) in [5.74, 6) is 0.376. The first-order valence-corrected chi connectivity index (χ1v) is 4.00. The molecule has 0 saturated heterocycles. The van der Waals surface area contributed by atoms with E-state index in [9.17, 15) is 5.11 Å². The maximum Gasteiger partial charge on any atom is 0.119 e. The van der Waals surface area contributed by atoms with E-state index in [0.717, 1.165) is 12.0 Å². The lowest BCUT2D eigenvalue weighted by Gasteiger charge is -2.01. The monoisotopic (exact) mass is 158 g/mol. The Kier molecular flexibility index (Phi) is 1.71. The van der Waals surface area contributed by atoms with Crippen molar-refractivity contribution in [2.24, 2.45) is 0 Å². The van der Waals surface area contributed by atoms with Crippen LogP contribution in [-0.4, -0.2) is 5.11 Å². The van der Waals surface area contributed by atoms with Crippen molar-refractivity contribution in [3.63, 3.8) is 0 Å². The number of hydrogen-bond donors (Lipinski definition) is 1. The molecule has 0 unspecified atom stereocenters.